The van der Waals surface area contributed by atoms with Gasteiger partial charge < -0.3 is 13.6 Å². The van der Waals surface area contributed by atoms with Crippen LogP contribution in [0.25, 0.3) is 0 Å². The average molecular weight is 495 g/mol. The Balaban J connectivity index is 3.54. The van der Waals surface area contributed by atoms with Crippen molar-refractivity contribution in [2.45, 2.75) is 103 Å². The van der Waals surface area contributed by atoms with Crippen molar-refractivity contribution >= 4 is 32.7 Å². The summed E-state index contributed by atoms with van der Waals surface area (Å²) in [5, 5.41) is -0.222. The van der Waals surface area contributed by atoms with Gasteiger partial charge in [-0.1, -0.05) is 41.5 Å². The zero-order valence-corrected chi connectivity index (χ0v) is 24.1. The van der Waals surface area contributed by atoms with E-state index in [9.17, 15) is 13.2 Å². The molecule has 0 aliphatic heterocycles. The SMILES string of the molecule is COC(=O)C1=C[C@@H](O[Si](C)(C)C(C)(C)C)[C@@H](OS(C)(=O)=O)[C@H](O[Si](C)(C)C(C)(C)C)C1. The van der Waals surface area contributed by atoms with Gasteiger partial charge in [0.2, 0.25) is 0 Å². The number of carbonyl (C=O) groups is 1. The number of carbonyl (C=O) groups excluding carboxylic acids is 1. The number of hydrogen-bond acceptors (Lipinski definition) is 7. The molecule has 0 heterocycles. The second-order valence-electron chi connectivity index (χ2n) is 11.4. The maximum atomic E-state index is 12.4. The minimum absolute atomic E-state index is 0.106. The summed E-state index contributed by atoms with van der Waals surface area (Å²) in [6, 6.07) is 0. The molecule has 7 nitrogen and oxygen atoms in total. The lowest BCUT2D eigenvalue weighted by atomic mass is 9.92. The molecule has 0 spiro atoms. The number of ether oxygens (including phenoxy) is 1. The topological polar surface area (TPSA) is 88.1 Å². The zero-order chi connectivity index (χ0) is 24.6. The van der Waals surface area contributed by atoms with Gasteiger partial charge in [0.15, 0.2) is 16.6 Å². The normalized spacial score (nSPS) is 24.0. The molecular formula is C21H42O7SSi2. The van der Waals surface area contributed by atoms with Gasteiger partial charge in [0, 0.05) is 12.0 Å². The summed E-state index contributed by atoms with van der Waals surface area (Å²) >= 11 is 0. The van der Waals surface area contributed by atoms with Crippen LogP contribution in [-0.4, -0.2) is 62.7 Å². The second kappa shape index (κ2) is 9.38. The Kier molecular flexibility index (Phi) is 8.63. The quantitative estimate of drug-likeness (QED) is 0.290. The van der Waals surface area contributed by atoms with E-state index in [-0.39, 0.29) is 16.5 Å². The van der Waals surface area contributed by atoms with Gasteiger partial charge in [-0.3, -0.25) is 4.18 Å². The summed E-state index contributed by atoms with van der Waals surface area (Å²) in [6.45, 7) is 21.0. The maximum absolute atomic E-state index is 12.4. The molecule has 0 saturated carbocycles. The van der Waals surface area contributed by atoms with E-state index in [2.05, 4.69) is 67.7 Å². The van der Waals surface area contributed by atoms with Crippen LogP contribution in [0.5, 0.6) is 0 Å². The van der Waals surface area contributed by atoms with Gasteiger partial charge in [-0.25, -0.2) is 4.79 Å². The van der Waals surface area contributed by atoms with Crippen LogP contribution in [0.3, 0.4) is 0 Å². The lowest BCUT2D eigenvalue weighted by Gasteiger charge is -2.46. The Bertz CT molecular complexity index is 790. The van der Waals surface area contributed by atoms with E-state index in [4.69, 9.17) is 17.8 Å². The predicted molar refractivity (Wildman–Crippen MR) is 129 cm³/mol. The van der Waals surface area contributed by atoms with Gasteiger partial charge >= 0.3 is 5.97 Å². The second-order valence-corrected chi connectivity index (χ2v) is 22.5. The van der Waals surface area contributed by atoms with E-state index in [1.165, 1.54) is 7.11 Å². The van der Waals surface area contributed by atoms with Gasteiger partial charge in [0.25, 0.3) is 10.1 Å². The smallest absolute Gasteiger partial charge is 0.333 e. The molecule has 3 atom stereocenters. The lowest BCUT2D eigenvalue weighted by molar-refractivity contribution is -0.137. The third kappa shape index (κ3) is 7.50. The van der Waals surface area contributed by atoms with Crippen LogP contribution in [-0.2, 0) is 32.7 Å². The molecule has 0 aromatic carbocycles. The molecular weight excluding hydrogens is 452 g/mol. The van der Waals surface area contributed by atoms with Crippen LogP contribution in [0, 0.1) is 0 Å². The number of esters is 1. The molecule has 182 valence electrons. The fourth-order valence-electron chi connectivity index (χ4n) is 2.79. The van der Waals surface area contributed by atoms with Crippen LogP contribution in [0.4, 0.5) is 0 Å². The van der Waals surface area contributed by atoms with E-state index in [1.54, 1.807) is 6.08 Å². The molecule has 10 heteroatoms. The summed E-state index contributed by atoms with van der Waals surface area (Å²) in [6.07, 6.45) is 0.619. The van der Waals surface area contributed by atoms with Crippen molar-refractivity contribution < 1.29 is 31.0 Å². The van der Waals surface area contributed by atoms with Gasteiger partial charge in [-0.15, -0.1) is 0 Å². The van der Waals surface area contributed by atoms with E-state index >= 15 is 0 Å². The van der Waals surface area contributed by atoms with Crippen LogP contribution in [0.1, 0.15) is 48.0 Å². The first-order valence-electron chi connectivity index (χ1n) is 10.6. The molecule has 0 fully saturated rings. The third-order valence-corrected chi connectivity index (χ3v) is 16.2. The van der Waals surface area contributed by atoms with Crippen molar-refractivity contribution in [3.63, 3.8) is 0 Å². The summed E-state index contributed by atoms with van der Waals surface area (Å²) < 4.78 is 48.0. The molecule has 1 aliphatic carbocycles. The Labute approximate surface area is 191 Å². The van der Waals surface area contributed by atoms with Crippen LogP contribution in [0.2, 0.25) is 36.3 Å². The van der Waals surface area contributed by atoms with Gasteiger partial charge in [0.1, 0.15) is 6.10 Å². The highest BCUT2D eigenvalue weighted by Crippen LogP contribution is 2.42. The van der Waals surface area contributed by atoms with Crippen LogP contribution < -0.4 is 0 Å². The fourth-order valence-corrected chi connectivity index (χ4v) is 5.99. The molecule has 0 aromatic rings. The molecule has 1 rings (SSSR count). The minimum atomic E-state index is -3.79. The molecule has 0 radical (unpaired) electrons. The predicted octanol–water partition coefficient (Wildman–Crippen LogP) is 4.62. The van der Waals surface area contributed by atoms with Gasteiger partial charge in [-0.05, 0) is 42.3 Å². The standard InChI is InChI=1S/C21H42O7SSi2/c1-20(2,3)30(9,10)27-16-13-15(19(22)25-7)14-17(18(16)26-29(8,23)24)28-31(11,12)21(4,5)6/h13,16-18H,14H2,1-12H3/t16-,17-,18-/m1/s1. The molecule has 0 unspecified atom stereocenters. The van der Waals surface area contributed by atoms with Crippen molar-refractivity contribution in [2.24, 2.45) is 0 Å². The first-order valence-corrected chi connectivity index (χ1v) is 18.3. The van der Waals surface area contributed by atoms with Crippen molar-refractivity contribution in [1.82, 2.24) is 0 Å². The van der Waals surface area contributed by atoms with Crippen molar-refractivity contribution in [3.8, 4) is 0 Å². The van der Waals surface area contributed by atoms with E-state index in [0.717, 1.165) is 6.26 Å². The number of rotatable bonds is 7. The molecule has 0 N–H and O–H groups in total. The Hall–Kier alpha value is -0.526. The highest BCUT2D eigenvalue weighted by atomic mass is 32.2. The van der Waals surface area contributed by atoms with Crippen LogP contribution in [0.15, 0.2) is 11.6 Å². The molecule has 1 aliphatic rings. The summed E-state index contributed by atoms with van der Waals surface area (Å²) in [5.41, 5.74) is 0.420. The van der Waals surface area contributed by atoms with Crippen LogP contribution >= 0.6 is 0 Å². The Morgan fingerprint density at radius 1 is 0.968 bits per heavy atom. The molecule has 0 amide bonds. The molecule has 0 aromatic heterocycles. The number of methoxy groups -OCH3 is 1. The fraction of sp³-hybridized carbons (Fsp3) is 0.857. The molecule has 0 saturated heterocycles. The zero-order valence-electron chi connectivity index (χ0n) is 21.3. The highest BCUT2D eigenvalue weighted by Gasteiger charge is 2.48. The average Bonchev–Trinajstić information content (AvgIpc) is 2.53. The Morgan fingerprint density at radius 3 is 1.81 bits per heavy atom. The summed E-state index contributed by atoms with van der Waals surface area (Å²) in [5.74, 6) is -0.467. The van der Waals surface area contributed by atoms with Gasteiger partial charge in [0.05, 0.1) is 25.6 Å². The Morgan fingerprint density at radius 2 is 1.42 bits per heavy atom. The van der Waals surface area contributed by atoms with Gasteiger partial charge in [-0.2, -0.15) is 8.42 Å². The molecule has 31 heavy (non-hydrogen) atoms. The van der Waals surface area contributed by atoms with Crippen molar-refractivity contribution in [1.29, 1.82) is 0 Å². The van der Waals surface area contributed by atoms with E-state index < -0.39 is 51.0 Å². The van der Waals surface area contributed by atoms with Crippen molar-refractivity contribution in [2.75, 3.05) is 13.4 Å². The highest BCUT2D eigenvalue weighted by molar-refractivity contribution is 7.86. The summed E-state index contributed by atoms with van der Waals surface area (Å²) in [4.78, 5) is 12.4. The van der Waals surface area contributed by atoms with E-state index in [0.29, 0.717) is 5.57 Å². The first kappa shape index (κ1) is 28.5. The molecule has 0 bridgehead atoms. The third-order valence-electron chi connectivity index (χ3n) is 6.70. The van der Waals surface area contributed by atoms with E-state index in [1.807, 2.05) is 0 Å². The minimum Gasteiger partial charge on any atom is -0.466 e. The largest absolute Gasteiger partial charge is 0.466 e. The monoisotopic (exact) mass is 494 g/mol. The van der Waals surface area contributed by atoms with Crippen molar-refractivity contribution in [3.05, 3.63) is 11.6 Å². The maximum Gasteiger partial charge on any atom is 0.333 e. The lowest BCUT2D eigenvalue weighted by Crippen LogP contribution is -2.56. The number of hydrogen-bond donors (Lipinski definition) is 0. The first-order chi connectivity index (χ1) is 13.6. The summed E-state index contributed by atoms with van der Waals surface area (Å²) in [7, 11) is -7.09.